The van der Waals surface area contributed by atoms with E-state index in [-0.39, 0.29) is 23.3 Å². The fraction of sp³-hybridized carbons (Fsp3) is 0.417. The average Bonchev–Trinajstić information content (AvgIpc) is 2.48. The maximum absolute atomic E-state index is 12.1. The second kappa shape index (κ2) is 6.64. The monoisotopic (exact) mass is 312 g/mol. The van der Waals surface area contributed by atoms with Crippen molar-refractivity contribution in [1.82, 2.24) is 5.32 Å². The highest BCUT2D eigenvalue weighted by atomic mass is 32.2. The molecule has 0 atom stereocenters. The molecule has 1 amide bonds. The Balaban J connectivity index is 2.09. The molecule has 1 fully saturated rings. The van der Waals surface area contributed by atoms with E-state index in [1.54, 1.807) is 0 Å². The normalized spacial score (nSPS) is 21.6. The summed E-state index contributed by atoms with van der Waals surface area (Å²) in [5.74, 6) is 6.09. The predicted molar refractivity (Wildman–Crippen MR) is 79.3 cm³/mol. The molecule has 0 aliphatic carbocycles. The number of nitro benzene ring substituents is 1. The SMILES string of the molecule is NNc1cc(C(=O)NC2CCS(=O)CC2)ccc1[N+](=O)[O-]. The molecule has 8 nitrogen and oxygen atoms in total. The van der Waals surface area contributed by atoms with E-state index in [1.807, 2.05) is 0 Å². The number of nitrogens with one attached hydrogen (secondary N) is 2. The minimum atomic E-state index is -0.786. The molecule has 0 radical (unpaired) electrons. The number of hydrogen-bond donors (Lipinski definition) is 3. The number of nitrogens with two attached hydrogens (primary N) is 1. The highest BCUT2D eigenvalue weighted by molar-refractivity contribution is 7.85. The van der Waals surface area contributed by atoms with Gasteiger partial charge in [-0.15, -0.1) is 0 Å². The summed E-state index contributed by atoms with van der Waals surface area (Å²) in [7, 11) is -0.786. The molecule has 1 saturated heterocycles. The van der Waals surface area contributed by atoms with Crippen LogP contribution in [-0.2, 0) is 10.8 Å². The number of nitrogens with zero attached hydrogens (tertiary/aromatic N) is 1. The van der Waals surface area contributed by atoms with Gasteiger partial charge >= 0.3 is 0 Å². The van der Waals surface area contributed by atoms with Crippen LogP contribution in [0.15, 0.2) is 18.2 Å². The lowest BCUT2D eigenvalue weighted by atomic mass is 10.1. The van der Waals surface area contributed by atoms with Crippen LogP contribution < -0.4 is 16.6 Å². The first-order valence-corrected chi connectivity index (χ1v) is 7.91. The van der Waals surface area contributed by atoms with Gasteiger partial charge in [0.15, 0.2) is 0 Å². The first-order valence-electron chi connectivity index (χ1n) is 6.42. The van der Waals surface area contributed by atoms with Crippen molar-refractivity contribution in [3.05, 3.63) is 33.9 Å². The van der Waals surface area contributed by atoms with Gasteiger partial charge in [0.05, 0.1) is 4.92 Å². The molecule has 1 heterocycles. The van der Waals surface area contributed by atoms with Gasteiger partial charge in [0.25, 0.3) is 11.6 Å². The standard InChI is InChI=1S/C12H16N4O4S/c13-15-10-7-8(1-2-11(10)16(18)19)12(17)14-9-3-5-21(20)6-4-9/h1-2,7,9,15H,3-6,13H2,(H,14,17). The highest BCUT2D eigenvalue weighted by Gasteiger charge is 2.21. The molecule has 2 rings (SSSR count). The van der Waals surface area contributed by atoms with E-state index < -0.39 is 15.7 Å². The van der Waals surface area contributed by atoms with Crippen LogP contribution in [0.3, 0.4) is 0 Å². The van der Waals surface area contributed by atoms with Crippen LogP contribution in [0.25, 0.3) is 0 Å². The molecule has 4 N–H and O–H groups in total. The van der Waals surface area contributed by atoms with Gasteiger partial charge in [0.1, 0.15) is 5.69 Å². The number of rotatable bonds is 4. The molecule has 1 aliphatic rings. The smallest absolute Gasteiger partial charge is 0.293 e. The fourth-order valence-electron chi connectivity index (χ4n) is 2.16. The lowest BCUT2D eigenvalue weighted by Gasteiger charge is -2.22. The van der Waals surface area contributed by atoms with Crippen molar-refractivity contribution in [3.63, 3.8) is 0 Å². The quantitative estimate of drug-likeness (QED) is 0.422. The zero-order valence-corrected chi connectivity index (χ0v) is 12.0. The zero-order valence-electron chi connectivity index (χ0n) is 11.2. The van der Waals surface area contributed by atoms with Gasteiger partial charge in [-0.05, 0) is 25.0 Å². The van der Waals surface area contributed by atoms with E-state index >= 15 is 0 Å². The van der Waals surface area contributed by atoms with Crippen LogP contribution in [0, 0.1) is 10.1 Å². The Labute approximate surface area is 123 Å². The van der Waals surface area contributed by atoms with Crippen molar-refractivity contribution < 1.29 is 13.9 Å². The minimum Gasteiger partial charge on any atom is -0.349 e. The van der Waals surface area contributed by atoms with E-state index in [1.165, 1.54) is 18.2 Å². The summed E-state index contributed by atoms with van der Waals surface area (Å²) in [4.78, 5) is 22.3. The molecule has 1 aromatic carbocycles. The van der Waals surface area contributed by atoms with Gasteiger partial charge in [-0.1, -0.05) is 0 Å². The number of carbonyl (C=O) groups excluding carboxylic acids is 1. The number of nitro groups is 1. The van der Waals surface area contributed by atoms with E-state index in [4.69, 9.17) is 5.84 Å². The molecule has 1 aliphatic heterocycles. The van der Waals surface area contributed by atoms with Crippen molar-refractivity contribution in [3.8, 4) is 0 Å². The lowest BCUT2D eigenvalue weighted by molar-refractivity contribution is -0.384. The molecule has 1 aromatic rings. The number of amides is 1. The van der Waals surface area contributed by atoms with Crippen molar-refractivity contribution >= 4 is 28.1 Å². The van der Waals surface area contributed by atoms with E-state index in [2.05, 4.69) is 10.7 Å². The third-order valence-electron chi connectivity index (χ3n) is 3.33. The summed E-state index contributed by atoms with van der Waals surface area (Å²) < 4.78 is 11.3. The van der Waals surface area contributed by atoms with Crippen LogP contribution in [-0.4, -0.2) is 32.6 Å². The van der Waals surface area contributed by atoms with Gasteiger partial charge in [-0.25, -0.2) is 0 Å². The fourth-order valence-corrected chi connectivity index (χ4v) is 3.46. The highest BCUT2D eigenvalue weighted by Crippen LogP contribution is 2.24. The van der Waals surface area contributed by atoms with Gasteiger partial charge in [0.2, 0.25) is 0 Å². The summed E-state index contributed by atoms with van der Waals surface area (Å²) in [5, 5.41) is 13.6. The maximum Gasteiger partial charge on any atom is 0.293 e. The summed E-state index contributed by atoms with van der Waals surface area (Å²) in [6.45, 7) is 0. The van der Waals surface area contributed by atoms with E-state index in [9.17, 15) is 19.1 Å². The molecule has 9 heteroatoms. The molecule has 0 bridgehead atoms. The Bertz CT molecular complexity index is 583. The first kappa shape index (κ1) is 15.4. The topological polar surface area (TPSA) is 127 Å². The number of hydrazine groups is 1. The van der Waals surface area contributed by atoms with Gasteiger partial charge in [-0.2, -0.15) is 0 Å². The Morgan fingerprint density at radius 3 is 2.62 bits per heavy atom. The van der Waals surface area contributed by atoms with E-state index in [0.29, 0.717) is 29.9 Å². The summed E-state index contributed by atoms with van der Waals surface area (Å²) in [6, 6.07) is 3.95. The molecule has 0 saturated carbocycles. The first-order chi connectivity index (χ1) is 10.0. The lowest BCUT2D eigenvalue weighted by Crippen LogP contribution is -2.39. The Hall–Kier alpha value is -2.00. The summed E-state index contributed by atoms with van der Waals surface area (Å²) in [6.07, 6.45) is 1.35. The number of nitrogen functional groups attached to an aromatic ring is 1. The van der Waals surface area contributed by atoms with Crippen molar-refractivity contribution in [2.45, 2.75) is 18.9 Å². The molecular weight excluding hydrogens is 296 g/mol. The van der Waals surface area contributed by atoms with Crippen LogP contribution in [0.4, 0.5) is 11.4 Å². The van der Waals surface area contributed by atoms with Gasteiger partial charge in [0, 0.05) is 40.0 Å². The Morgan fingerprint density at radius 2 is 2.05 bits per heavy atom. The number of anilines is 1. The number of hydrogen-bond acceptors (Lipinski definition) is 6. The minimum absolute atomic E-state index is 0.0142. The second-order valence-corrected chi connectivity index (χ2v) is 6.43. The van der Waals surface area contributed by atoms with E-state index in [0.717, 1.165) is 0 Å². The second-order valence-electron chi connectivity index (χ2n) is 4.73. The molecule has 21 heavy (non-hydrogen) atoms. The Kier molecular flexibility index (Phi) is 4.86. The molecule has 0 aromatic heterocycles. The third kappa shape index (κ3) is 3.76. The zero-order chi connectivity index (χ0) is 15.4. The van der Waals surface area contributed by atoms with Crippen LogP contribution in [0.2, 0.25) is 0 Å². The third-order valence-corrected chi connectivity index (χ3v) is 4.72. The van der Waals surface area contributed by atoms with Crippen LogP contribution >= 0.6 is 0 Å². The molecular formula is C12H16N4O4S. The van der Waals surface area contributed by atoms with Crippen molar-refractivity contribution in [2.24, 2.45) is 5.84 Å². The Morgan fingerprint density at radius 1 is 1.38 bits per heavy atom. The number of benzene rings is 1. The summed E-state index contributed by atoms with van der Waals surface area (Å²) >= 11 is 0. The van der Waals surface area contributed by atoms with Crippen molar-refractivity contribution in [1.29, 1.82) is 0 Å². The van der Waals surface area contributed by atoms with Crippen LogP contribution in [0.1, 0.15) is 23.2 Å². The molecule has 114 valence electrons. The van der Waals surface area contributed by atoms with Gasteiger partial charge < -0.3 is 10.7 Å². The van der Waals surface area contributed by atoms with Crippen LogP contribution in [0.5, 0.6) is 0 Å². The molecule has 0 unspecified atom stereocenters. The summed E-state index contributed by atoms with van der Waals surface area (Å²) in [5.41, 5.74) is 2.40. The molecule has 0 spiro atoms. The predicted octanol–water partition coefficient (Wildman–Crippen LogP) is 0.521. The largest absolute Gasteiger partial charge is 0.349 e. The van der Waals surface area contributed by atoms with Gasteiger partial charge in [-0.3, -0.25) is 25.0 Å². The average molecular weight is 312 g/mol. The number of carbonyl (C=O) groups is 1. The maximum atomic E-state index is 12.1. The van der Waals surface area contributed by atoms with Crippen molar-refractivity contribution in [2.75, 3.05) is 16.9 Å².